The Morgan fingerprint density at radius 3 is 2.27 bits per heavy atom. The molecule has 0 spiro atoms. The Morgan fingerprint density at radius 1 is 1.06 bits per heavy atom. The van der Waals surface area contributed by atoms with Crippen molar-refractivity contribution in [2.24, 2.45) is 0 Å². The topological polar surface area (TPSA) is 94.2 Å². The number of rotatable bonds is 9. The minimum absolute atomic E-state index is 0.0341. The number of thioether (sulfide) groups is 1. The molecule has 1 N–H and O–H groups in total. The van der Waals surface area contributed by atoms with Gasteiger partial charge < -0.3 is 19.5 Å². The van der Waals surface area contributed by atoms with Gasteiger partial charge in [-0.1, -0.05) is 12.1 Å². The summed E-state index contributed by atoms with van der Waals surface area (Å²) >= 11 is 0.814. The molecular formula is C23H23FN2O6S. The smallest absolute Gasteiger partial charge is 0.293 e. The Balaban J connectivity index is 1.63. The highest BCUT2D eigenvalue weighted by Crippen LogP contribution is 2.40. The lowest BCUT2D eigenvalue weighted by Gasteiger charge is -2.13. The van der Waals surface area contributed by atoms with E-state index < -0.39 is 11.1 Å². The van der Waals surface area contributed by atoms with Crippen molar-refractivity contribution in [3.8, 4) is 17.2 Å². The van der Waals surface area contributed by atoms with Crippen LogP contribution < -0.4 is 19.5 Å². The van der Waals surface area contributed by atoms with Crippen LogP contribution in [0.15, 0.2) is 41.3 Å². The summed E-state index contributed by atoms with van der Waals surface area (Å²) in [7, 11) is 4.46. The van der Waals surface area contributed by atoms with Crippen molar-refractivity contribution in [1.29, 1.82) is 0 Å². The number of methoxy groups -OCH3 is 3. The molecule has 1 saturated heterocycles. The van der Waals surface area contributed by atoms with Crippen LogP contribution in [0.1, 0.15) is 11.1 Å². The fourth-order valence-corrected chi connectivity index (χ4v) is 4.05. The van der Waals surface area contributed by atoms with Crippen LogP contribution >= 0.6 is 11.8 Å². The van der Waals surface area contributed by atoms with E-state index in [0.29, 0.717) is 28.4 Å². The van der Waals surface area contributed by atoms with E-state index in [1.54, 1.807) is 18.2 Å². The molecule has 33 heavy (non-hydrogen) atoms. The number of carbonyl (C=O) groups excluding carboxylic acids is 3. The zero-order valence-electron chi connectivity index (χ0n) is 18.3. The first-order chi connectivity index (χ1) is 15.9. The molecule has 0 aliphatic carbocycles. The lowest BCUT2D eigenvalue weighted by molar-refractivity contribution is -0.124. The van der Waals surface area contributed by atoms with Gasteiger partial charge in [0.2, 0.25) is 11.7 Å². The third-order valence-corrected chi connectivity index (χ3v) is 5.70. The first-order valence-electron chi connectivity index (χ1n) is 9.92. The van der Waals surface area contributed by atoms with Gasteiger partial charge in [0.05, 0.1) is 32.7 Å². The molecule has 3 amide bonds. The summed E-state index contributed by atoms with van der Waals surface area (Å²) in [5.74, 6) is 0.144. The summed E-state index contributed by atoms with van der Waals surface area (Å²) in [6, 6.07) is 8.96. The van der Waals surface area contributed by atoms with Gasteiger partial charge in [-0.3, -0.25) is 19.3 Å². The van der Waals surface area contributed by atoms with Gasteiger partial charge in [0.15, 0.2) is 11.5 Å². The molecule has 0 bridgehead atoms. The van der Waals surface area contributed by atoms with Gasteiger partial charge in [-0.25, -0.2) is 4.39 Å². The maximum Gasteiger partial charge on any atom is 0.293 e. The first-order valence-corrected chi connectivity index (χ1v) is 10.7. The van der Waals surface area contributed by atoms with Crippen molar-refractivity contribution in [3.63, 3.8) is 0 Å². The number of benzene rings is 2. The molecule has 2 aromatic rings. The van der Waals surface area contributed by atoms with Crippen molar-refractivity contribution in [3.05, 3.63) is 58.2 Å². The summed E-state index contributed by atoms with van der Waals surface area (Å²) in [6.07, 6.45) is 1.64. The maximum atomic E-state index is 13.0. The van der Waals surface area contributed by atoms with Gasteiger partial charge in [0, 0.05) is 13.1 Å². The average Bonchev–Trinajstić information content (AvgIpc) is 3.07. The van der Waals surface area contributed by atoms with Crippen molar-refractivity contribution in [2.75, 3.05) is 34.4 Å². The van der Waals surface area contributed by atoms with E-state index in [0.717, 1.165) is 16.7 Å². The highest BCUT2D eigenvalue weighted by atomic mass is 32.2. The Hall–Kier alpha value is -3.53. The zero-order valence-corrected chi connectivity index (χ0v) is 19.2. The highest BCUT2D eigenvalue weighted by Gasteiger charge is 2.34. The van der Waals surface area contributed by atoms with E-state index in [9.17, 15) is 18.8 Å². The van der Waals surface area contributed by atoms with E-state index in [4.69, 9.17) is 14.2 Å². The Labute approximate surface area is 194 Å². The number of ether oxygens (including phenoxy) is 3. The monoisotopic (exact) mass is 474 g/mol. The normalized spacial score (nSPS) is 14.5. The van der Waals surface area contributed by atoms with Crippen LogP contribution in [0.25, 0.3) is 6.08 Å². The second-order valence-electron chi connectivity index (χ2n) is 6.95. The standard InChI is InChI=1S/C23H23FN2O6S/c1-30-17-10-15(11-18(31-2)21(17)32-3)12-19-22(28)26(23(29)33-19)9-8-25-20(27)13-14-4-6-16(24)7-5-14/h4-7,10-12H,8-9,13H2,1-3H3,(H,25,27). The summed E-state index contributed by atoms with van der Waals surface area (Å²) in [5.41, 5.74) is 1.26. The number of nitrogens with one attached hydrogen (secondary N) is 1. The molecule has 1 heterocycles. The van der Waals surface area contributed by atoms with Crippen LogP contribution in [0.3, 0.4) is 0 Å². The SMILES string of the molecule is COc1cc(C=C2SC(=O)N(CCNC(=O)Cc3ccc(F)cc3)C2=O)cc(OC)c1OC. The lowest BCUT2D eigenvalue weighted by atomic mass is 10.1. The first kappa shape index (κ1) is 24.1. The van der Waals surface area contributed by atoms with Gasteiger partial charge in [0.25, 0.3) is 11.1 Å². The fraction of sp³-hybridized carbons (Fsp3) is 0.261. The van der Waals surface area contributed by atoms with Crippen LogP contribution in [0, 0.1) is 5.82 Å². The molecule has 0 atom stereocenters. The molecule has 0 saturated carbocycles. The molecule has 8 nitrogen and oxygen atoms in total. The number of hydrogen-bond donors (Lipinski definition) is 1. The summed E-state index contributed by atoms with van der Waals surface area (Å²) in [5, 5.41) is 2.24. The van der Waals surface area contributed by atoms with Crippen molar-refractivity contribution in [2.45, 2.75) is 6.42 Å². The van der Waals surface area contributed by atoms with Gasteiger partial charge >= 0.3 is 0 Å². The second-order valence-corrected chi connectivity index (χ2v) is 7.94. The van der Waals surface area contributed by atoms with E-state index in [2.05, 4.69) is 5.32 Å². The largest absolute Gasteiger partial charge is 0.493 e. The number of carbonyl (C=O) groups is 3. The number of amides is 3. The highest BCUT2D eigenvalue weighted by molar-refractivity contribution is 8.18. The van der Waals surface area contributed by atoms with Crippen molar-refractivity contribution >= 4 is 34.9 Å². The van der Waals surface area contributed by atoms with E-state index in [-0.39, 0.29) is 36.1 Å². The third kappa shape index (κ3) is 5.83. The molecule has 0 radical (unpaired) electrons. The summed E-state index contributed by atoms with van der Waals surface area (Å²) in [4.78, 5) is 38.5. The predicted molar refractivity (Wildman–Crippen MR) is 122 cm³/mol. The minimum Gasteiger partial charge on any atom is -0.493 e. The molecule has 1 fully saturated rings. The van der Waals surface area contributed by atoms with E-state index in [1.165, 1.54) is 45.6 Å². The predicted octanol–water partition coefficient (Wildman–Crippen LogP) is 3.25. The van der Waals surface area contributed by atoms with Crippen LogP contribution in [0.4, 0.5) is 9.18 Å². The van der Waals surface area contributed by atoms with Crippen molar-refractivity contribution in [1.82, 2.24) is 10.2 Å². The van der Waals surface area contributed by atoms with E-state index in [1.807, 2.05) is 0 Å². The van der Waals surface area contributed by atoms with Crippen LogP contribution in [-0.2, 0) is 16.0 Å². The van der Waals surface area contributed by atoms with Crippen LogP contribution in [-0.4, -0.2) is 56.4 Å². The van der Waals surface area contributed by atoms with Gasteiger partial charge in [0.1, 0.15) is 5.82 Å². The molecule has 0 aromatic heterocycles. The summed E-state index contributed by atoms with van der Waals surface area (Å²) < 4.78 is 28.9. The molecule has 1 aliphatic rings. The Kier molecular flexibility index (Phi) is 7.94. The molecule has 2 aromatic carbocycles. The molecule has 3 rings (SSSR count). The quantitative estimate of drug-likeness (QED) is 0.558. The second kappa shape index (κ2) is 10.9. The summed E-state index contributed by atoms with van der Waals surface area (Å²) in [6.45, 7) is 0.141. The number of hydrogen-bond acceptors (Lipinski definition) is 7. The average molecular weight is 475 g/mol. The van der Waals surface area contributed by atoms with Crippen LogP contribution in [0.5, 0.6) is 17.2 Å². The van der Waals surface area contributed by atoms with Gasteiger partial charge in [-0.2, -0.15) is 0 Å². The zero-order chi connectivity index (χ0) is 24.0. The van der Waals surface area contributed by atoms with Gasteiger partial charge in [-0.15, -0.1) is 0 Å². The number of halogens is 1. The lowest BCUT2D eigenvalue weighted by Crippen LogP contribution is -2.37. The maximum absolute atomic E-state index is 13.0. The Bertz CT molecular complexity index is 1060. The molecule has 174 valence electrons. The minimum atomic E-state index is -0.452. The third-order valence-electron chi connectivity index (χ3n) is 4.79. The molecule has 10 heteroatoms. The number of nitrogens with zero attached hydrogens (tertiary/aromatic N) is 1. The molecule has 1 aliphatic heterocycles. The van der Waals surface area contributed by atoms with E-state index >= 15 is 0 Å². The molecule has 0 unspecified atom stereocenters. The number of imide groups is 1. The van der Waals surface area contributed by atoms with Crippen molar-refractivity contribution < 1.29 is 33.0 Å². The van der Waals surface area contributed by atoms with Gasteiger partial charge in [-0.05, 0) is 53.2 Å². The fourth-order valence-electron chi connectivity index (χ4n) is 3.19. The Morgan fingerprint density at radius 2 is 1.70 bits per heavy atom. The van der Waals surface area contributed by atoms with Crippen LogP contribution in [0.2, 0.25) is 0 Å². The molecular weight excluding hydrogens is 451 g/mol.